The van der Waals surface area contributed by atoms with Crippen molar-refractivity contribution in [2.45, 2.75) is 45.8 Å². The maximum Gasteiger partial charge on any atom is 0.332 e. The third-order valence-electron chi connectivity index (χ3n) is 6.64. The van der Waals surface area contributed by atoms with Gasteiger partial charge in [-0.1, -0.05) is 23.8 Å². The first-order chi connectivity index (χ1) is 17.6. The van der Waals surface area contributed by atoms with Gasteiger partial charge in [0, 0.05) is 45.3 Å². The van der Waals surface area contributed by atoms with Crippen LogP contribution < -0.4 is 26.8 Å². The van der Waals surface area contributed by atoms with Crippen molar-refractivity contribution in [3.8, 4) is 6.19 Å². The lowest BCUT2D eigenvalue weighted by atomic mass is 10.1. The molecule has 1 aliphatic heterocycles. The Kier molecular flexibility index (Phi) is 7.31. The number of anilines is 2. The minimum atomic E-state index is -0.620. The molecular weight excluding hydrogens is 472 g/mol. The lowest BCUT2D eigenvalue weighted by molar-refractivity contribution is 0.0969. The van der Waals surface area contributed by atoms with Gasteiger partial charge < -0.3 is 15.2 Å². The van der Waals surface area contributed by atoms with E-state index in [1.165, 1.54) is 9.47 Å². The number of Topliss-reactive ketones (excluding diaryl/α,β-unsaturated/α-hetero) is 1. The van der Waals surface area contributed by atoms with Gasteiger partial charge in [-0.3, -0.25) is 23.6 Å². The van der Waals surface area contributed by atoms with Crippen LogP contribution in [0.3, 0.4) is 0 Å². The van der Waals surface area contributed by atoms with E-state index in [-0.39, 0.29) is 17.2 Å². The molecule has 37 heavy (non-hydrogen) atoms. The van der Waals surface area contributed by atoms with Crippen LogP contribution in [0.1, 0.15) is 37.0 Å². The van der Waals surface area contributed by atoms with E-state index in [4.69, 9.17) is 16.0 Å². The number of carbonyl (C=O) groups is 1. The van der Waals surface area contributed by atoms with E-state index in [0.29, 0.717) is 30.3 Å². The number of carbonyl (C=O) groups excluding carboxylic acids is 1. The lowest BCUT2D eigenvalue weighted by Gasteiger charge is -2.31. The van der Waals surface area contributed by atoms with E-state index >= 15 is 0 Å². The van der Waals surface area contributed by atoms with Gasteiger partial charge in [-0.15, -0.1) is 0 Å². The molecule has 3 aromatic rings. The summed E-state index contributed by atoms with van der Waals surface area (Å²) in [6.45, 7) is 5.26. The molecule has 0 amide bonds. The van der Waals surface area contributed by atoms with Gasteiger partial charge in [-0.25, -0.2) is 4.79 Å². The minimum absolute atomic E-state index is 0.000550. The zero-order valence-electron chi connectivity index (χ0n) is 21.6. The van der Waals surface area contributed by atoms with E-state index in [1.54, 1.807) is 38.4 Å². The van der Waals surface area contributed by atoms with Crippen molar-refractivity contribution in [2.75, 3.05) is 29.9 Å². The SMILES string of the molecule is CC(C)=CCn1c(N2CCCC(N)C2)nc2c1c(=O)n(CC(=O)c1cccc(N(C)C#N)c1)c(=O)n2C. The number of imidazole rings is 1. The van der Waals surface area contributed by atoms with E-state index in [9.17, 15) is 14.4 Å². The summed E-state index contributed by atoms with van der Waals surface area (Å²) in [6.07, 6.45) is 5.81. The van der Waals surface area contributed by atoms with Crippen molar-refractivity contribution in [1.29, 1.82) is 5.26 Å². The van der Waals surface area contributed by atoms with Crippen LogP contribution in [-0.2, 0) is 20.1 Å². The van der Waals surface area contributed by atoms with Crippen molar-refractivity contribution in [1.82, 2.24) is 18.7 Å². The number of nitrogens with two attached hydrogens (primary N) is 1. The van der Waals surface area contributed by atoms with Crippen molar-refractivity contribution >= 4 is 28.6 Å². The number of hydrogen-bond acceptors (Lipinski definition) is 8. The first-order valence-corrected chi connectivity index (χ1v) is 12.2. The number of hydrogen-bond donors (Lipinski definition) is 1. The minimum Gasteiger partial charge on any atom is -0.341 e. The predicted molar refractivity (Wildman–Crippen MR) is 143 cm³/mol. The number of ketones is 1. The third-order valence-corrected chi connectivity index (χ3v) is 6.64. The summed E-state index contributed by atoms with van der Waals surface area (Å²) >= 11 is 0. The first-order valence-electron chi connectivity index (χ1n) is 12.2. The van der Waals surface area contributed by atoms with Crippen molar-refractivity contribution in [3.63, 3.8) is 0 Å². The predicted octanol–water partition coefficient (Wildman–Crippen LogP) is 1.59. The Morgan fingerprint density at radius 1 is 1.30 bits per heavy atom. The maximum absolute atomic E-state index is 13.7. The van der Waals surface area contributed by atoms with Crippen LogP contribution in [0.5, 0.6) is 0 Å². The van der Waals surface area contributed by atoms with Gasteiger partial charge in [0.1, 0.15) is 0 Å². The average molecular weight is 505 g/mol. The van der Waals surface area contributed by atoms with Gasteiger partial charge in [0.2, 0.25) is 5.95 Å². The summed E-state index contributed by atoms with van der Waals surface area (Å²) in [4.78, 5) is 48.2. The van der Waals surface area contributed by atoms with E-state index in [0.717, 1.165) is 29.5 Å². The molecule has 2 aromatic heterocycles. The molecule has 0 bridgehead atoms. The molecule has 194 valence electrons. The second-order valence-corrected chi connectivity index (χ2v) is 9.69. The topological polar surface area (TPSA) is 135 Å². The average Bonchev–Trinajstić information content (AvgIpc) is 3.28. The second kappa shape index (κ2) is 10.4. The van der Waals surface area contributed by atoms with Gasteiger partial charge in [0.05, 0.1) is 12.2 Å². The molecule has 1 aromatic carbocycles. The highest BCUT2D eigenvalue weighted by atomic mass is 16.2. The van der Waals surface area contributed by atoms with Gasteiger partial charge in [-0.2, -0.15) is 10.2 Å². The number of piperidine rings is 1. The maximum atomic E-state index is 13.7. The number of aromatic nitrogens is 4. The molecule has 1 unspecified atom stereocenters. The quantitative estimate of drug-likeness (QED) is 0.222. The van der Waals surface area contributed by atoms with E-state index in [2.05, 4.69) is 4.90 Å². The number of aryl methyl sites for hydroxylation is 1. The van der Waals surface area contributed by atoms with Gasteiger partial charge in [-0.05, 0) is 38.8 Å². The molecule has 1 fully saturated rings. The molecule has 0 aliphatic carbocycles. The number of nitrogens with zero attached hydrogens (tertiary/aromatic N) is 7. The molecule has 1 atom stereocenters. The largest absolute Gasteiger partial charge is 0.341 e. The smallest absolute Gasteiger partial charge is 0.332 e. The third kappa shape index (κ3) is 5.06. The molecule has 0 radical (unpaired) electrons. The van der Waals surface area contributed by atoms with Crippen LogP contribution in [-0.4, -0.2) is 50.6 Å². The summed E-state index contributed by atoms with van der Waals surface area (Å²) in [6, 6.07) is 6.52. The summed E-state index contributed by atoms with van der Waals surface area (Å²) < 4.78 is 4.08. The van der Waals surface area contributed by atoms with Gasteiger partial charge >= 0.3 is 5.69 Å². The van der Waals surface area contributed by atoms with Crippen LogP contribution in [0, 0.1) is 11.5 Å². The fourth-order valence-electron chi connectivity index (χ4n) is 4.56. The molecule has 11 heteroatoms. The highest BCUT2D eigenvalue weighted by Gasteiger charge is 2.26. The molecule has 0 spiro atoms. The van der Waals surface area contributed by atoms with E-state index in [1.807, 2.05) is 30.7 Å². The number of allylic oxidation sites excluding steroid dienone is 2. The molecule has 0 saturated carbocycles. The Balaban J connectivity index is 1.84. The van der Waals surface area contributed by atoms with Crippen LogP contribution in [0.4, 0.5) is 11.6 Å². The monoisotopic (exact) mass is 504 g/mol. The number of nitriles is 1. The Bertz CT molecular complexity index is 1530. The zero-order chi connectivity index (χ0) is 26.9. The fourth-order valence-corrected chi connectivity index (χ4v) is 4.56. The molecule has 1 saturated heterocycles. The number of fused-ring (bicyclic) bond motifs is 1. The second-order valence-electron chi connectivity index (χ2n) is 9.69. The van der Waals surface area contributed by atoms with Crippen LogP contribution in [0.25, 0.3) is 11.2 Å². The fraction of sp³-hybridized carbons (Fsp3) is 0.423. The summed E-state index contributed by atoms with van der Waals surface area (Å²) in [5, 5.41) is 9.15. The Morgan fingerprint density at radius 3 is 2.73 bits per heavy atom. The van der Waals surface area contributed by atoms with Gasteiger partial charge in [0.25, 0.3) is 5.56 Å². The molecular formula is C26H32N8O3. The Labute approximate surface area is 214 Å². The summed E-state index contributed by atoms with van der Waals surface area (Å²) in [5.41, 5.74) is 7.47. The van der Waals surface area contributed by atoms with E-state index < -0.39 is 23.6 Å². The molecule has 3 heterocycles. The van der Waals surface area contributed by atoms with Crippen LogP contribution in [0.15, 0.2) is 45.5 Å². The van der Waals surface area contributed by atoms with Crippen LogP contribution in [0.2, 0.25) is 0 Å². The summed E-state index contributed by atoms with van der Waals surface area (Å²) in [7, 11) is 3.13. The lowest BCUT2D eigenvalue weighted by Crippen LogP contribution is -2.44. The summed E-state index contributed by atoms with van der Waals surface area (Å²) in [5.74, 6) is 0.176. The number of rotatable bonds is 7. The van der Waals surface area contributed by atoms with Crippen molar-refractivity contribution < 1.29 is 4.79 Å². The number of benzene rings is 1. The Hall–Kier alpha value is -4.17. The molecule has 1 aliphatic rings. The van der Waals surface area contributed by atoms with Crippen molar-refractivity contribution in [3.05, 3.63) is 62.3 Å². The normalized spacial score (nSPS) is 15.5. The molecule has 11 nitrogen and oxygen atoms in total. The highest BCUT2D eigenvalue weighted by molar-refractivity contribution is 5.97. The zero-order valence-corrected chi connectivity index (χ0v) is 21.6. The molecule has 2 N–H and O–H groups in total. The highest BCUT2D eigenvalue weighted by Crippen LogP contribution is 2.23. The van der Waals surface area contributed by atoms with Crippen LogP contribution >= 0.6 is 0 Å². The first kappa shape index (κ1) is 25.9. The standard InChI is InChI=1S/C26H32N8O3/c1-17(2)10-12-33-22-23(29-25(33)32-11-6-8-19(28)14-32)31(4)26(37)34(24(22)36)15-21(35)18-7-5-9-20(13-18)30(3)16-27/h5,7,9-10,13,19H,6,8,11-12,14-15,28H2,1-4H3. The molecule has 4 rings (SSSR count). The van der Waals surface area contributed by atoms with Gasteiger partial charge in [0.15, 0.2) is 23.1 Å². The van der Waals surface area contributed by atoms with Crippen molar-refractivity contribution in [2.24, 2.45) is 12.8 Å². The Morgan fingerprint density at radius 2 is 2.05 bits per heavy atom.